The Morgan fingerprint density at radius 2 is 1.88 bits per heavy atom. The number of rotatable bonds is 3. The maximum atomic E-state index is 5.89. The van der Waals surface area contributed by atoms with Crippen molar-refractivity contribution in [3.05, 3.63) is 53.9 Å². The van der Waals surface area contributed by atoms with Gasteiger partial charge in [-0.1, -0.05) is 12.1 Å². The third kappa shape index (κ3) is 2.51. The third-order valence-electron chi connectivity index (χ3n) is 2.55. The van der Waals surface area contributed by atoms with E-state index in [9.17, 15) is 0 Å². The van der Waals surface area contributed by atoms with Crippen molar-refractivity contribution < 1.29 is 0 Å². The minimum Gasteiger partial charge on any atom is -0.399 e. The number of nitrogen functional groups attached to an aromatic ring is 2. The second-order valence-corrected chi connectivity index (χ2v) is 3.78. The summed E-state index contributed by atoms with van der Waals surface area (Å²) in [5.74, 6) is 0. The lowest BCUT2D eigenvalue weighted by atomic mass is 10.1. The summed E-state index contributed by atoms with van der Waals surface area (Å²) in [7, 11) is 0. The average Bonchev–Trinajstić information content (AvgIpc) is 2.29. The van der Waals surface area contributed by atoms with Crippen molar-refractivity contribution in [2.24, 2.45) is 0 Å². The summed E-state index contributed by atoms with van der Waals surface area (Å²) >= 11 is 0. The first-order valence-electron chi connectivity index (χ1n) is 5.29. The van der Waals surface area contributed by atoms with Gasteiger partial charge in [0.2, 0.25) is 0 Å². The van der Waals surface area contributed by atoms with E-state index in [1.54, 1.807) is 6.07 Å². The molecule has 2 aromatic rings. The van der Waals surface area contributed by atoms with Gasteiger partial charge in [0.05, 0.1) is 0 Å². The standard InChI is InChI=1S/C13H15N3/c14-11-6-4-10(13(15)9-11)5-7-12-3-1-2-8-16-12/h1-4,6,8-9H,5,7,14-15H2. The summed E-state index contributed by atoms with van der Waals surface area (Å²) in [5.41, 5.74) is 15.2. The molecule has 1 aromatic carbocycles. The zero-order valence-corrected chi connectivity index (χ0v) is 9.06. The van der Waals surface area contributed by atoms with Crippen molar-refractivity contribution in [3.8, 4) is 0 Å². The maximum absolute atomic E-state index is 5.89. The van der Waals surface area contributed by atoms with E-state index in [1.165, 1.54) is 0 Å². The van der Waals surface area contributed by atoms with Gasteiger partial charge in [-0.25, -0.2) is 0 Å². The Labute approximate surface area is 95.1 Å². The van der Waals surface area contributed by atoms with E-state index in [2.05, 4.69) is 4.98 Å². The lowest BCUT2D eigenvalue weighted by Gasteiger charge is -2.06. The van der Waals surface area contributed by atoms with Crippen molar-refractivity contribution >= 4 is 11.4 Å². The van der Waals surface area contributed by atoms with Crippen LogP contribution in [-0.2, 0) is 12.8 Å². The monoisotopic (exact) mass is 213 g/mol. The molecule has 0 bridgehead atoms. The Balaban J connectivity index is 2.05. The van der Waals surface area contributed by atoms with E-state index in [0.717, 1.165) is 29.8 Å². The van der Waals surface area contributed by atoms with Crippen LogP contribution in [0.3, 0.4) is 0 Å². The fourth-order valence-electron chi connectivity index (χ4n) is 1.65. The second kappa shape index (κ2) is 4.66. The number of hydrogen-bond acceptors (Lipinski definition) is 3. The van der Waals surface area contributed by atoms with Crippen LogP contribution in [0.4, 0.5) is 11.4 Å². The molecular weight excluding hydrogens is 198 g/mol. The number of pyridine rings is 1. The predicted molar refractivity (Wildman–Crippen MR) is 66.9 cm³/mol. The first-order valence-corrected chi connectivity index (χ1v) is 5.29. The number of aromatic nitrogens is 1. The van der Waals surface area contributed by atoms with Gasteiger partial charge in [0.15, 0.2) is 0 Å². The summed E-state index contributed by atoms with van der Waals surface area (Å²) in [4.78, 5) is 4.28. The molecule has 0 unspecified atom stereocenters. The van der Waals surface area contributed by atoms with Crippen LogP contribution in [-0.4, -0.2) is 4.98 Å². The predicted octanol–water partition coefficient (Wildman–Crippen LogP) is 2.03. The molecule has 1 heterocycles. The molecule has 16 heavy (non-hydrogen) atoms. The molecule has 0 amide bonds. The zero-order valence-electron chi connectivity index (χ0n) is 9.06. The second-order valence-electron chi connectivity index (χ2n) is 3.78. The number of nitrogens with two attached hydrogens (primary N) is 2. The summed E-state index contributed by atoms with van der Waals surface area (Å²) in [5, 5.41) is 0. The SMILES string of the molecule is Nc1ccc(CCc2ccccn2)c(N)c1. The Bertz CT molecular complexity index is 466. The molecular formula is C13H15N3. The van der Waals surface area contributed by atoms with Gasteiger partial charge >= 0.3 is 0 Å². The molecule has 0 aliphatic rings. The average molecular weight is 213 g/mol. The molecule has 0 atom stereocenters. The zero-order chi connectivity index (χ0) is 11.4. The summed E-state index contributed by atoms with van der Waals surface area (Å²) < 4.78 is 0. The van der Waals surface area contributed by atoms with E-state index in [0.29, 0.717) is 5.69 Å². The Morgan fingerprint density at radius 3 is 2.56 bits per heavy atom. The number of nitrogens with zero attached hydrogens (tertiary/aromatic N) is 1. The molecule has 0 saturated carbocycles. The van der Waals surface area contributed by atoms with E-state index >= 15 is 0 Å². The lowest BCUT2D eigenvalue weighted by molar-refractivity contribution is 0.916. The molecule has 1 aromatic heterocycles. The van der Waals surface area contributed by atoms with Crippen molar-refractivity contribution in [2.45, 2.75) is 12.8 Å². The van der Waals surface area contributed by atoms with E-state index < -0.39 is 0 Å². The van der Waals surface area contributed by atoms with Crippen LogP contribution in [0, 0.1) is 0 Å². The molecule has 0 aliphatic heterocycles. The van der Waals surface area contributed by atoms with E-state index in [4.69, 9.17) is 11.5 Å². The fraction of sp³-hybridized carbons (Fsp3) is 0.154. The maximum Gasteiger partial charge on any atom is 0.0406 e. The van der Waals surface area contributed by atoms with E-state index in [-0.39, 0.29) is 0 Å². The smallest absolute Gasteiger partial charge is 0.0406 e. The van der Waals surface area contributed by atoms with Crippen molar-refractivity contribution in [1.82, 2.24) is 4.98 Å². The normalized spacial score (nSPS) is 10.2. The lowest BCUT2D eigenvalue weighted by Crippen LogP contribution is -1.99. The molecule has 3 heteroatoms. The van der Waals surface area contributed by atoms with Gasteiger partial charge < -0.3 is 11.5 Å². The third-order valence-corrected chi connectivity index (χ3v) is 2.55. The Morgan fingerprint density at radius 1 is 1.00 bits per heavy atom. The molecule has 0 radical (unpaired) electrons. The Hall–Kier alpha value is -2.03. The van der Waals surface area contributed by atoms with Crippen LogP contribution in [0.25, 0.3) is 0 Å². The van der Waals surface area contributed by atoms with Crippen molar-refractivity contribution in [1.29, 1.82) is 0 Å². The van der Waals surface area contributed by atoms with E-state index in [1.807, 2.05) is 36.5 Å². The summed E-state index contributed by atoms with van der Waals surface area (Å²) in [6.07, 6.45) is 3.60. The highest BCUT2D eigenvalue weighted by Gasteiger charge is 2.00. The first-order chi connectivity index (χ1) is 7.75. The molecule has 82 valence electrons. The Kier molecular flexibility index (Phi) is 3.05. The largest absolute Gasteiger partial charge is 0.399 e. The van der Waals surface area contributed by atoms with Crippen LogP contribution >= 0.6 is 0 Å². The van der Waals surface area contributed by atoms with Crippen LogP contribution < -0.4 is 11.5 Å². The summed E-state index contributed by atoms with van der Waals surface area (Å²) in [6, 6.07) is 11.6. The fourth-order valence-corrected chi connectivity index (χ4v) is 1.65. The number of aryl methyl sites for hydroxylation is 2. The topological polar surface area (TPSA) is 64.9 Å². The van der Waals surface area contributed by atoms with Crippen molar-refractivity contribution in [2.75, 3.05) is 11.5 Å². The van der Waals surface area contributed by atoms with Crippen molar-refractivity contribution in [3.63, 3.8) is 0 Å². The molecule has 0 saturated heterocycles. The highest BCUT2D eigenvalue weighted by molar-refractivity contribution is 5.56. The summed E-state index contributed by atoms with van der Waals surface area (Å²) in [6.45, 7) is 0. The molecule has 0 spiro atoms. The van der Waals surface area contributed by atoms with Gasteiger partial charge in [0, 0.05) is 23.3 Å². The van der Waals surface area contributed by atoms with Gasteiger partial charge in [-0.05, 0) is 42.7 Å². The van der Waals surface area contributed by atoms with Crippen LogP contribution in [0.15, 0.2) is 42.6 Å². The quantitative estimate of drug-likeness (QED) is 0.767. The highest BCUT2D eigenvalue weighted by Crippen LogP contribution is 2.17. The van der Waals surface area contributed by atoms with Gasteiger partial charge in [0.1, 0.15) is 0 Å². The number of benzene rings is 1. The van der Waals surface area contributed by atoms with Gasteiger partial charge in [-0.3, -0.25) is 4.98 Å². The van der Waals surface area contributed by atoms with Gasteiger partial charge in [-0.15, -0.1) is 0 Å². The van der Waals surface area contributed by atoms with Gasteiger partial charge in [0.25, 0.3) is 0 Å². The molecule has 4 N–H and O–H groups in total. The molecule has 0 aliphatic carbocycles. The highest BCUT2D eigenvalue weighted by atomic mass is 14.7. The number of hydrogen-bond donors (Lipinski definition) is 2. The van der Waals surface area contributed by atoms with Crippen LogP contribution in [0.5, 0.6) is 0 Å². The van der Waals surface area contributed by atoms with Crippen LogP contribution in [0.1, 0.15) is 11.3 Å². The minimum absolute atomic E-state index is 0.707. The van der Waals surface area contributed by atoms with Gasteiger partial charge in [-0.2, -0.15) is 0 Å². The first kappa shape index (κ1) is 10.5. The number of anilines is 2. The molecule has 0 fully saturated rings. The molecule has 3 nitrogen and oxygen atoms in total. The molecule has 2 rings (SSSR count). The minimum atomic E-state index is 0.707. The van der Waals surface area contributed by atoms with Crippen LogP contribution in [0.2, 0.25) is 0 Å².